The summed E-state index contributed by atoms with van der Waals surface area (Å²) in [6.07, 6.45) is 3.94. The molecule has 1 nitrogen and oxygen atoms in total. The highest BCUT2D eigenvalue weighted by atomic mass is 19.1. The Morgan fingerprint density at radius 1 is 1.31 bits per heavy atom. The number of hydrogen-bond acceptors (Lipinski definition) is 1. The van der Waals surface area contributed by atoms with E-state index in [1.165, 1.54) is 0 Å². The lowest BCUT2D eigenvalue weighted by Gasteiger charge is -2.16. The molecule has 0 aliphatic heterocycles. The third-order valence-corrected chi connectivity index (χ3v) is 3.79. The number of nitrogens with two attached hydrogens (primary N) is 1. The Kier molecular flexibility index (Phi) is 3.02. The Morgan fingerprint density at radius 2 is 1.94 bits per heavy atom. The van der Waals surface area contributed by atoms with Crippen molar-refractivity contribution in [3.05, 3.63) is 35.1 Å². The van der Waals surface area contributed by atoms with Crippen LogP contribution in [0.25, 0.3) is 0 Å². The van der Waals surface area contributed by atoms with Gasteiger partial charge in [0.15, 0.2) is 0 Å². The maximum absolute atomic E-state index is 14.0. The van der Waals surface area contributed by atoms with Crippen LogP contribution in [0.15, 0.2) is 18.2 Å². The van der Waals surface area contributed by atoms with Crippen molar-refractivity contribution in [1.29, 1.82) is 0 Å². The molecule has 88 valence electrons. The third-order valence-electron chi connectivity index (χ3n) is 3.79. The first kappa shape index (κ1) is 11.6. The van der Waals surface area contributed by atoms with Gasteiger partial charge in [-0.2, -0.15) is 0 Å². The molecule has 0 saturated heterocycles. The van der Waals surface area contributed by atoms with Gasteiger partial charge in [0, 0.05) is 5.54 Å². The summed E-state index contributed by atoms with van der Waals surface area (Å²) in [6.45, 7) is 4.21. The normalized spacial score (nSPS) is 17.8. The van der Waals surface area contributed by atoms with Gasteiger partial charge in [-0.05, 0) is 48.8 Å². The predicted molar refractivity (Wildman–Crippen MR) is 64.8 cm³/mol. The van der Waals surface area contributed by atoms with Crippen LogP contribution in [0.1, 0.15) is 56.6 Å². The molecule has 1 aliphatic carbocycles. The Morgan fingerprint density at radius 3 is 2.38 bits per heavy atom. The highest BCUT2D eigenvalue weighted by Crippen LogP contribution is 2.43. The van der Waals surface area contributed by atoms with Gasteiger partial charge in [-0.3, -0.25) is 0 Å². The highest BCUT2D eigenvalue weighted by Gasteiger charge is 2.40. The largest absolute Gasteiger partial charge is 0.321 e. The van der Waals surface area contributed by atoms with Crippen LogP contribution in [-0.2, 0) is 5.54 Å². The minimum Gasteiger partial charge on any atom is -0.321 e. The average molecular weight is 221 g/mol. The zero-order valence-electron chi connectivity index (χ0n) is 10.1. The lowest BCUT2D eigenvalue weighted by Crippen LogP contribution is -2.19. The van der Waals surface area contributed by atoms with E-state index in [1.807, 2.05) is 12.1 Å². The molecule has 2 rings (SSSR count). The first-order valence-corrected chi connectivity index (χ1v) is 6.19. The lowest BCUT2D eigenvalue weighted by molar-refractivity contribution is 0.553. The molecule has 1 aliphatic rings. The monoisotopic (exact) mass is 221 g/mol. The van der Waals surface area contributed by atoms with Gasteiger partial charge in [0.05, 0.1) is 0 Å². The van der Waals surface area contributed by atoms with E-state index in [0.29, 0.717) is 5.92 Å². The summed E-state index contributed by atoms with van der Waals surface area (Å²) < 4.78 is 14.0. The zero-order valence-corrected chi connectivity index (χ0v) is 10.1. The summed E-state index contributed by atoms with van der Waals surface area (Å²) in [6, 6.07) is 5.57. The topological polar surface area (TPSA) is 26.0 Å². The molecule has 2 N–H and O–H groups in total. The summed E-state index contributed by atoms with van der Waals surface area (Å²) in [5.41, 5.74) is 7.64. The minimum absolute atomic E-state index is 0.0806. The molecular weight excluding hydrogens is 201 g/mol. The van der Waals surface area contributed by atoms with E-state index in [2.05, 4.69) is 13.8 Å². The SMILES string of the molecule is CCC(CC)c1ccc(C2(N)CC2)cc1F. The van der Waals surface area contributed by atoms with Gasteiger partial charge in [-0.15, -0.1) is 0 Å². The van der Waals surface area contributed by atoms with Crippen LogP contribution < -0.4 is 5.73 Å². The number of halogens is 1. The van der Waals surface area contributed by atoms with Crippen LogP contribution in [0.4, 0.5) is 4.39 Å². The third kappa shape index (κ3) is 1.99. The second-order valence-corrected chi connectivity index (χ2v) is 4.91. The molecule has 0 aromatic heterocycles. The Hall–Kier alpha value is -0.890. The van der Waals surface area contributed by atoms with Gasteiger partial charge >= 0.3 is 0 Å². The first-order chi connectivity index (χ1) is 7.60. The molecule has 0 heterocycles. The Bertz CT molecular complexity index is 378. The molecule has 1 aromatic carbocycles. The van der Waals surface area contributed by atoms with Gasteiger partial charge in [-0.1, -0.05) is 26.0 Å². The number of benzene rings is 1. The number of hydrogen-bond donors (Lipinski definition) is 1. The maximum atomic E-state index is 14.0. The van der Waals surface area contributed by atoms with E-state index in [9.17, 15) is 4.39 Å². The fourth-order valence-corrected chi connectivity index (χ4v) is 2.32. The van der Waals surface area contributed by atoms with Crippen LogP contribution in [0.3, 0.4) is 0 Å². The van der Waals surface area contributed by atoms with Gasteiger partial charge in [0.1, 0.15) is 5.82 Å². The second kappa shape index (κ2) is 4.17. The minimum atomic E-state index is -0.229. The van der Waals surface area contributed by atoms with Gasteiger partial charge in [0.25, 0.3) is 0 Å². The molecule has 0 bridgehead atoms. The van der Waals surface area contributed by atoms with Crippen molar-refractivity contribution in [2.75, 3.05) is 0 Å². The van der Waals surface area contributed by atoms with E-state index in [0.717, 1.165) is 36.8 Å². The molecule has 1 aromatic rings. The van der Waals surface area contributed by atoms with Crippen molar-refractivity contribution < 1.29 is 4.39 Å². The molecule has 0 unspecified atom stereocenters. The molecule has 1 saturated carbocycles. The molecule has 0 atom stereocenters. The van der Waals surface area contributed by atoms with Crippen LogP contribution in [0.2, 0.25) is 0 Å². The molecule has 0 radical (unpaired) electrons. The fourth-order valence-electron chi connectivity index (χ4n) is 2.32. The fraction of sp³-hybridized carbons (Fsp3) is 0.571. The highest BCUT2D eigenvalue weighted by molar-refractivity contribution is 5.34. The predicted octanol–water partition coefficient (Wildman–Crippen LogP) is 3.68. The van der Waals surface area contributed by atoms with Crippen molar-refractivity contribution in [2.45, 2.75) is 51.0 Å². The lowest BCUT2D eigenvalue weighted by atomic mass is 9.91. The molecular formula is C14H20FN. The Labute approximate surface area is 96.9 Å². The summed E-state index contributed by atoms with van der Waals surface area (Å²) in [5, 5.41) is 0. The average Bonchev–Trinajstić information content (AvgIpc) is 3.02. The van der Waals surface area contributed by atoms with Gasteiger partial charge < -0.3 is 5.73 Å². The van der Waals surface area contributed by atoms with Crippen molar-refractivity contribution >= 4 is 0 Å². The summed E-state index contributed by atoms with van der Waals surface area (Å²) in [7, 11) is 0. The van der Waals surface area contributed by atoms with E-state index < -0.39 is 0 Å². The molecule has 2 heteroatoms. The molecule has 1 fully saturated rings. The zero-order chi connectivity index (χ0) is 11.8. The van der Waals surface area contributed by atoms with E-state index >= 15 is 0 Å². The standard InChI is InChI=1S/C14H20FN/c1-3-10(4-2)12-6-5-11(9-13(12)15)14(16)7-8-14/h5-6,9-10H,3-4,7-8,16H2,1-2H3. The molecule has 0 spiro atoms. The van der Waals surface area contributed by atoms with E-state index in [-0.39, 0.29) is 11.4 Å². The van der Waals surface area contributed by atoms with Gasteiger partial charge in [-0.25, -0.2) is 4.39 Å². The molecule has 0 amide bonds. The quantitative estimate of drug-likeness (QED) is 0.824. The maximum Gasteiger partial charge on any atom is 0.127 e. The van der Waals surface area contributed by atoms with Crippen molar-refractivity contribution in [3.63, 3.8) is 0 Å². The molecule has 16 heavy (non-hydrogen) atoms. The van der Waals surface area contributed by atoms with Crippen molar-refractivity contribution in [2.24, 2.45) is 5.73 Å². The van der Waals surface area contributed by atoms with E-state index in [4.69, 9.17) is 5.73 Å². The van der Waals surface area contributed by atoms with Crippen LogP contribution in [-0.4, -0.2) is 0 Å². The first-order valence-electron chi connectivity index (χ1n) is 6.19. The number of rotatable bonds is 4. The van der Waals surface area contributed by atoms with E-state index in [1.54, 1.807) is 6.07 Å². The van der Waals surface area contributed by atoms with Crippen LogP contribution in [0.5, 0.6) is 0 Å². The van der Waals surface area contributed by atoms with Crippen molar-refractivity contribution in [1.82, 2.24) is 0 Å². The summed E-state index contributed by atoms with van der Waals surface area (Å²) in [5.74, 6) is 0.255. The Balaban J connectivity index is 2.29. The second-order valence-electron chi connectivity index (χ2n) is 4.91. The van der Waals surface area contributed by atoms with Gasteiger partial charge in [0.2, 0.25) is 0 Å². The summed E-state index contributed by atoms with van der Waals surface area (Å²) >= 11 is 0. The van der Waals surface area contributed by atoms with Crippen LogP contribution >= 0.6 is 0 Å². The van der Waals surface area contributed by atoms with Crippen molar-refractivity contribution in [3.8, 4) is 0 Å². The summed E-state index contributed by atoms with van der Waals surface area (Å²) in [4.78, 5) is 0. The van der Waals surface area contributed by atoms with Crippen LogP contribution in [0, 0.1) is 5.82 Å². The smallest absolute Gasteiger partial charge is 0.127 e.